The second kappa shape index (κ2) is 5.36. The topological polar surface area (TPSA) is 47.1 Å². The minimum absolute atomic E-state index is 0.0280. The van der Waals surface area contributed by atoms with Gasteiger partial charge in [0.15, 0.2) is 0 Å². The Bertz CT molecular complexity index is 726. The van der Waals surface area contributed by atoms with Crippen molar-refractivity contribution < 1.29 is 22.5 Å². The van der Waals surface area contributed by atoms with E-state index in [-0.39, 0.29) is 11.4 Å². The van der Waals surface area contributed by atoms with E-state index >= 15 is 0 Å². The molecule has 1 fully saturated rings. The molecule has 128 valence electrons. The Morgan fingerprint density at radius 1 is 1.08 bits per heavy atom. The molecule has 0 radical (unpaired) electrons. The van der Waals surface area contributed by atoms with Crippen LogP contribution in [0.15, 0.2) is 30.6 Å². The van der Waals surface area contributed by atoms with E-state index < -0.39 is 30.1 Å². The number of nitrogens with zero attached hydrogens (tertiary/aromatic N) is 1. The van der Waals surface area contributed by atoms with Crippen LogP contribution in [-0.4, -0.2) is 28.3 Å². The minimum Gasteiger partial charge on any atom is -0.399 e. The van der Waals surface area contributed by atoms with Gasteiger partial charge in [-0.3, -0.25) is 0 Å². The lowest BCUT2D eigenvalue weighted by atomic mass is 9.77. The van der Waals surface area contributed by atoms with Crippen LogP contribution in [-0.2, 0) is 15.5 Å². The van der Waals surface area contributed by atoms with Crippen molar-refractivity contribution in [3.63, 3.8) is 0 Å². The number of H-pyrrole nitrogens is 1. The summed E-state index contributed by atoms with van der Waals surface area (Å²) >= 11 is 0. The molecular weight excluding hydrogens is 320 g/mol. The largest absolute Gasteiger partial charge is 0.494 e. The number of rotatable bonds is 2. The molecule has 0 saturated carbocycles. The molecule has 24 heavy (non-hydrogen) atoms. The fraction of sp³-hybridized carbons (Fsp3) is 0.438. The zero-order valence-corrected chi connectivity index (χ0v) is 13.9. The Labute approximate surface area is 138 Å². The fourth-order valence-corrected chi connectivity index (χ4v) is 2.54. The summed E-state index contributed by atoms with van der Waals surface area (Å²) < 4.78 is 51.7. The Kier molecular flexibility index (Phi) is 3.80. The van der Waals surface area contributed by atoms with Gasteiger partial charge in [0.05, 0.1) is 16.8 Å². The van der Waals surface area contributed by atoms with Crippen LogP contribution in [0.4, 0.5) is 13.2 Å². The second-order valence-electron chi connectivity index (χ2n) is 6.83. The third-order valence-electron chi connectivity index (χ3n) is 4.63. The average Bonchev–Trinajstić information content (AvgIpc) is 3.04. The molecule has 2 aromatic rings. The molecule has 8 heteroatoms. The lowest BCUT2D eigenvalue weighted by Gasteiger charge is -2.32. The number of alkyl halides is 3. The molecule has 0 bridgehead atoms. The summed E-state index contributed by atoms with van der Waals surface area (Å²) in [5, 5.41) is 0. The van der Waals surface area contributed by atoms with Crippen molar-refractivity contribution in [2.45, 2.75) is 45.1 Å². The molecule has 0 unspecified atom stereocenters. The van der Waals surface area contributed by atoms with Crippen LogP contribution in [0.25, 0.3) is 11.4 Å². The van der Waals surface area contributed by atoms with Crippen LogP contribution < -0.4 is 5.46 Å². The Morgan fingerprint density at radius 3 is 2.21 bits per heavy atom. The number of halogens is 3. The van der Waals surface area contributed by atoms with E-state index in [9.17, 15) is 13.2 Å². The van der Waals surface area contributed by atoms with Gasteiger partial charge < -0.3 is 14.3 Å². The molecule has 1 saturated heterocycles. The van der Waals surface area contributed by atoms with Crippen LogP contribution in [0.3, 0.4) is 0 Å². The Hall–Kier alpha value is -1.80. The zero-order chi connectivity index (χ0) is 17.8. The van der Waals surface area contributed by atoms with Gasteiger partial charge in [0.1, 0.15) is 5.82 Å². The highest BCUT2D eigenvalue weighted by molar-refractivity contribution is 6.62. The molecule has 2 heterocycles. The van der Waals surface area contributed by atoms with Crippen LogP contribution in [0.2, 0.25) is 0 Å². The maximum atomic E-state index is 13.3. The second-order valence-corrected chi connectivity index (χ2v) is 6.83. The first kappa shape index (κ1) is 17.0. The average molecular weight is 338 g/mol. The van der Waals surface area contributed by atoms with Gasteiger partial charge in [-0.15, -0.1) is 0 Å². The number of imidazole rings is 1. The minimum atomic E-state index is -4.48. The molecule has 1 aromatic heterocycles. The van der Waals surface area contributed by atoms with E-state index in [1.54, 1.807) is 0 Å². The molecule has 0 atom stereocenters. The lowest BCUT2D eigenvalue weighted by molar-refractivity contribution is -0.137. The third kappa shape index (κ3) is 2.84. The lowest BCUT2D eigenvalue weighted by Crippen LogP contribution is -2.41. The van der Waals surface area contributed by atoms with Crippen LogP contribution >= 0.6 is 0 Å². The SMILES string of the molecule is CC1(C)OB(c2ccc(C(F)(F)F)c(-c3ncc[nH]3)c2)OC1(C)C. The number of aromatic nitrogens is 2. The van der Waals surface area contributed by atoms with Gasteiger partial charge in [0.25, 0.3) is 0 Å². The van der Waals surface area contributed by atoms with Crippen molar-refractivity contribution in [1.82, 2.24) is 9.97 Å². The predicted molar refractivity (Wildman–Crippen MR) is 84.7 cm³/mol. The van der Waals surface area contributed by atoms with Gasteiger partial charge in [0, 0.05) is 18.0 Å². The van der Waals surface area contributed by atoms with E-state index in [1.807, 2.05) is 27.7 Å². The van der Waals surface area contributed by atoms with Gasteiger partial charge in [-0.1, -0.05) is 12.1 Å². The number of aromatic amines is 1. The Balaban J connectivity index is 2.05. The Morgan fingerprint density at radius 2 is 1.71 bits per heavy atom. The molecule has 0 spiro atoms. The summed E-state index contributed by atoms with van der Waals surface area (Å²) in [6, 6.07) is 3.85. The molecule has 4 nitrogen and oxygen atoms in total. The zero-order valence-electron chi connectivity index (χ0n) is 13.9. The van der Waals surface area contributed by atoms with Crippen LogP contribution in [0.5, 0.6) is 0 Å². The molecule has 1 aliphatic rings. The molecule has 3 rings (SSSR count). The standard InChI is InChI=1S/C16H18BF3N2O2/c1-14(2)15(3,4)24-17(23-14)10-5-6-12(16(18,19)20)11(9-10)13-21-7-8-22-13/h5-9H,1-4H3,(H,21,22). The van der Waals surface area contributed by atoms with Gasteiger partial charge in [-0.25, -0.2) is 4.98 Å². The van der Waals surface area contributed by atoms with Crippen molar-refractivity contribution >= 4 is 12.6 Å². The maximum absolute atomic E-state index is 13.3. The van der Waals surface area contributed by atoms with E-state index in [0.29, 0.717) is 5.46 Å². The highest BCUT2D eigenvalue weighted by atomic mass is 19.4. The predicted octanol–water partition coefficient (Wildman–Crippen LogP) is 3.39. The number of hydrogen-bond donors (Lipinski definition) is 1. The van der Waals surface area contributed by atoms with E-state index in [2.05, 4.69) is 9.97 Å². The first-order chi connectivity index (χ1) is 11.0. The third-order valence-corrected chi connectivity index (χ3v) is 4.63. The highest BCUT2D eigenvalue weighted by Crippen LogP contribution is 2.38. The first-order valence-electron chi connectivity index (χ1n) is 7.58. The summed E-state index contributed by atoms with van der Waals surface area (Å²) in [5.74, 6) is 0.153. The molecular formula is C16H18BF3N2O2. The number of benzene rings is 1. The number of nitrogens with one attached hydrogen (secondary N) is 1. The highest BCUT2D eigenvalue weighted by Gasteiger charge is 2.52. The van der Waals surface area contributed by atoms with Crippen LogP contribution in [0.1, 0.15) is 33.3 Å². The van der Waals surface area contributed by atoms with Crippen molar-refractivity contribution in [2.24, 2.45) is 0 Å². The van der Waals surface area contributed by atoms with Gasteiger partial charge >= 0.3 is 13.3 Å². The summed E-state index contributed by atoms with van der Waals surface area (Å²) in [4.78, 5) is 6.67. The fourth-order valence-electron chi connectivity index (χ4n) is 2.54. The van der Waals surface area contributed by atoms with E-state index in [0.717, 1.165) is 6.07 Å². The first-order valence-corrected chi connectivity index (χ1v) is 7.58. The van der Waals surface area contributed by atoms with E-state index in [1.165, 1.54) is 24.5 Å². The monoisotopic (exact) mass is 338 g/mol. The summed E-state index contributed by atoms with van der Waals surface area (Å²) in [5.41, 5.74) is -1.39. The summed E-state index contributed by atoms with van der Waals surface area (Å²) in [7, 11) is -0.731. The molecule has 0 amide bonds. The molecule has 1 aliphatic heterocycles. The van der Waals surface area contributed by atoms with E-state index in [4.69, 9.17) is 9.31 Å². The molecule has 1 N–H and O–H groups in total. The summed E-state index contributed by atoms with van der Waals surface area (Å²) in [6.45, 7) is 7.57. The normalized spacial score (nSPS) is 19.7. The van der Waals surface area contributed by atoms with Crippen molar-refractivity contribution in [1.29, 1.82) is 0 Å². The molecule has 1 aromatic carbocycles. The maximum Gasteiger partial charge on any atom is 0.494 e. The van der Waals surface area contributed by atoms with Crippen molar-refractivity contribution in [3.8, 4) is 11.4 Å². The van der Waals surface area contributed by atoms with Gasteiger partial charge in [-0.2, -0.15) is 13.2 Å². The van der Waals surface area contributed by atoms with Crippen molar-refractivity contribution in [2.75, 3.05) is 0 Å². The smallest absolute Gasteiger partial charge is 0.399 e. The van der Waals surface area contributed by atoms with Gasteiger partial charge in [0.2, 0.25) is 0 Å². The number of hydrogen-bond acceptors (Lipinski definition) is 3. The molecule has 0 aliphatic carbocycles. The van der Waals surface area contributed by atoms with Crippen molar-refractivity contribution in [3.05, 3.63) is 36.2 Å². The van der Waals surface area contributed by atoms with Gasteiger partial charge in [-0.05, 0) is 39.2 Å². The summed E-state index contributed by atoms with van der Waals surface area (Å²) in [6.07, 6.45) is -1.58. The quantitative estimate of drug-likeness (QED) is 0.854. The van der Waals surface area contributed by atoms with Crippen LogP contribution in [0, 0.1) is 0 Å².